The molecule has 2 aromatic carbocycles. The van der Waals surface area contributed by atoms with E-state index in [2.05, 4.69) is 6.92 Å². The van der Waals surface area contributed by atoms with Gasteiger partial charge in [-0.05, 0) is 42.7 Å². The summed E-state index contributed by atoms with van der Waals surface area (Å²) in [5, 5.41) is 0. The first-order valence-corrected chi connectivity index (χ1v) is 7.21. The Morgan fingerprint density at radius 1 is 1.10 bits per heavy atom. The lowest BCUT2D eigenvalue weighted by molar-refractivity contribution is 0.0526. The van der Waals surface area contributed by atoms with E-state index in [0.717, 1.165) is 24.0 Å². The fourth-order valence-electron chi connectivity index (χ4n) is 2.24. The molecule has 0 aromatic heterocycles. The van der Waals surface area contributed by atoms with Crippen LogP contribution >= 0.6 is 0 Å². The molecule has 0 radical (unpaired) electrons. The third-order valence-electron chi connectivity index (χ3n) is 3.28. The van der Waals surface area contributed by atoms with Crippen LogP contribution in [0.4, 0.5) is 4.39 Å². The Morgan fingerprint density at radius 3 is 2.38 bits per heavy atom. The molecule has 0 saturated heterocycles. The van der Waals surface area contributed by atoms with Crippen molar-refractivity contribution >= 4 is 5.97 Å². The highest BCUT2D eigenvalue weighted by Crippen LogP contribution is 2.24. The van der Waals surface area contributed by atoms with E-state index in [-0.39, 0.29) is 11.8 Å². The molecule has 0 aliphatic rings. The average molecular weight is 286 g/mol. The van der Waals surface area contributed by atoms with Crippen LogP contribution in [-0.4, -0.2) is 12.6 Å². The second kappa shape index (κ2) is 7.02. The van der Waals surface area contributed by atoms with Crippen molar-refractivity contribution in [1.82, 2.24) is 0 Å². The van der Waals surface area contributed by atoms with Crippen LogP contribution in [-0.2, 0) is 11.2 Å². The zero-order valence-electron chi connectivity index (χ0n) is 12.4. The molecule has 0 heterocycles. The van der Waals surface area contributed by atoms with Crippen molar-refractivity contribution in [3.63, 3.8) is 0 Å². The molecule has 0 atom stereocenters. The van der Waals surface area contributed by atoms with E-state index >= 15 is 0 Å². The molecule has 0 spiro atoms. The second-order valence-corrected chi connectivity index (χ2v) is 4.86. The highest BCUT2D eigenvalue weighted by Gasteiger charge is 2.09. The first kappa shape index (κ1) is 15.2. The van der Waals surface area contributed by atoms with E-state index in [1.165, 1.54) is 0 Å². The Bertz CT molecular complexity index is 618. The van der Waals surface area contributed by atoms with Gasteiger partial charge in [0.25, 0.3) is 0 Å². The third-order valence-corrected chi connectivity index (χ3v) is 3.28. The van der Waals surface area contributed by atoms with Crippen molar-refractivity contribution in [1.29, 1.82) is 0 Å². The number of ether oxygens (including phenoxy) is 1. The van der Waals surface area contributed by atoms with E-state index < -0.39 is 0 Å². The second-order valence-electron chi connectivity index (χ2n) is 4.86. The molecule has 110 valence electrons. The number of carbonyl (C=O) groups excluding carboxylic acids is 1. The van der Waals surface area contributed by atoms with Gasteiger partial charge in [0.1, 0.15) is 5.82 Å². The Kier molecular flexibility index (Phi) is 5.09. The number of halogens is 1. The number of hydrogen-bond acceptors (Lipinski definition) is 2. The fraction of sp³-hybridized carbons (Fsp3) is 0.278. The number of hydrogen-bond donors (Lipinski definition) is 0. The normalized spacial score (nSPS) is 10.4. The van der Waals surface area contributed by atoms with Gasteiger partial charge in [-0.2, -0.15) is 0 Å². The van der Waals surface area contributed by atoms with Crippen molar-refractivity contribution in [2.45, 2.75) is 26.7 Å². The topological polar surface area (TPSA) is 26.3 Å². The number of rotatable bonds is 5. The summed E-state index contributed by atoms with van der Waals surface area (Å²) in [6.07, 6.45) is 1.87. The predicted molar refractivity (Wildman–Crippen MR) is 81.8 cm³/mol. The maximum absolute atomic E-state index is 14.1. The zero-order valence-corrected chi connectivity index (χ0v) is 12.4. The third kappa shape index (κ3) is 3.69. The van der Waals surface area contributed by atoms with Gasteiger partial charge in [-0.15, -0.1) is 0 Å². The van der Waals surface area contributed by atoms with Crippen LogP contribution in [0.1, 0.15) is 36.2 Å². The van der Waals surface area contributed by atoms with Gasteiger partial charge in [0, 0.05) is 5.56 Å². The molecule has 2 aromatic rings. The van der Waals surface area contributed by atoms with Crippen LogP contribution in [0.25, 0.3) is 11.1 Å². The molecular weight excluding hydrogens is 267 g/mol. The molecule has 3 heteroatoms. The van der Waals surface area contributed by atoms with Crippen LogP contribution in [0.5, 0.6) is 0 Å². The van der Waals surface area contributed by atoms with Crippen molar-refractivity contribution in [3.8, 4) is 11.1 Å². The lowest BCUT2D eigenvalue weighted by Crippen LogP contribution is -2.04. The summed E-state index contributed by atoms with van der Waals surface area (Å²) in [5.41, 5.74) is 2.78. The highest BCUT2D eigenvalue weighted by molar-refractivity contribution is 5.90. The lowest BCUT2D eigenvalue weighted by Gasteiger charge is -2.07. The molecule has 0 aliphatic carbocycles. The minimum atomic E-state index is -0.359. The van der Waals surface area contributed by atoms with Crippen molar-refractivity contribution in [2.24, 2.45) is 0 Å². The van der Waals surface area contributed by atoms with Crippen molar-refractivity contribution in [3.05, 3.63) is 59.4 Å². The molecule has 0 fully saturated rings. The fourth-order valence-corrected chi connectivity index (χ4v) is 2.24. The minimum Gasteiger partial charge on any atom is -0.462 e. The van der Waals surface area contributed by atoms with Crippen molar-refractivity contribution < 1.29 is 13.9 Å². The smallest absolute Gasteiger partial charge is 0.338 e. The van der Waals surface area contributed by atoms with E-state index in [1.54, 1.807) is 43.3 Å². The molecule has 0 N–H and O–H groups in total. The SMILES string of the molecule is CCCc1ccc(-c2ccc(C(=O)OCC)cc2)c(F)c1. The number of esters is 1. The van der Waals surface area contributed by atoms with Gasteiger partial charge in [-0.25, -0.2) is 9.18 Å². The Hall–Kier alpha value is -2.16. The van der Waals surface area contributed by atoms with Crippen molar-refractivity contribution in [2.75, 3.05) is 6.61 Å². The van der Waals surface area contributed by atoms with Gasteiger partial charge >= 0.3 is 5.97 Å². The molecule has 0 saturated carbocycles. The van der Waals surface area contributed by atoms with Crippen LogP contribution in [0.2, 0.25) is 0 Å². The van der Waals surface area contributed by atoms with Gasteiger partial charge in [0.15, 0.2) is 0 Å². The van der Waals surface area contributed by atoms with Gasteiger partial charge in [-0.3, -0.25) is 0 Å². The molecule has 0 amide bonds. The van der Waals surface area contributed by atoms with Gasteiger partial charge < -0.3 is 4.74 Å². The standard InChI is InChI=1S/C18H19FO2/c1-3-5-13-6-11-16(17(19)12-13)14-7-9-15(10-8-14)18(20)21-4-2/h6-12H,3-5H2,1-2H3. The lowest BCUT2D eigenvalue weighted by atomic mass is 10.0. The van der Waals surface area contributed by atoms with E-state index in [4.69, 9.17) is 4.74 Å². The van der Waals surface area contributed by atoms with Crippen LogP contribution in [0.15, 0.2) is 42.5 Å². The summed E-state index contributed by atoms with van der Waals surface area (Å²) in [7, 11) is 0. The molecule has 2 rings (SSSR count). The Balaban J connectivity index is 2.24. The van der Waals surface area contributed by atoms with Crippen LogP contribution in [0.3, 0.4) is 0 Å². The molecule has 21 heavy (non-hydrogen) atoms. The quantitative estimate of drug-likeness (QED) is 0.749. The molecular formula is C18H19FO2. The molecule has 0 unspecified atom stereocenters. The first-order chi connectivity index (χ1) is 10.2. The van der Waals surface area contributed by atoms with Crippen LogP contribution in [0, 0.1) is 5.82 Å². The van der Waals surface area contributed by atoms with Crippen LogP contribution < -0.4 is 0 Å². The maximum Gasteiger partial charge on any atom is 0.338 e. The van der Waals surface area contributed by atoms with E-state index in [9.17, 15) is 9.18 Å². The minimum absolute atomic E-state index is 0.232. The maximum atomic E-state index is 14.1. The number of benzene rings is 2. The zero-order chi connectivity index (χ0) is 15.2. The summed E-state index contributed by atoms with van der Waals surface area (Å²) in [6, 6.07) is 12.1. The Morgan fingerprint density at radius 2 is 1.81 bits per heavy atom. The average Bonchev–Trinajstić information content (AvgIpc) is 2.48. The number of aryl methyl sites for hydroxylation is 1. The summed E-state index contributed by atoms with van der Waals surface area (Å²) < 4.78 is 19.1. The number of carbonyl (C=O) groups is 1. The van der Waals surface area contributed by atoms with Gasteiger partial charge in [-0.1, -0.05) is 37.6 Å². The summed E-state index contributed by atoms with van der Waals surface area (Å²) in [5.74, 6) is -0.590. The molecule has 2 nitrogen and oxygen atoms in total. The monoisotopic (exact) mass is 286 g/mol. The van der Waals surface area contributed by atoms with Gasteiger partial charge in [0.05, 0.1) is 12.2 Å². The van der Waals surface area contributed by atoms with E-state index in [1.807, 2.05) is 6.07 Å². The molecule has 0 aliphatic heterocycles. The summed E-state index contributed by atoms with van der Waals surface area (Å²) in [4.78, 5) is 11.6. The van der Waals surface area contributed by atoms with E-state index in [0.29, 0.717) is 17.7 Å². The first-order valence-electron chi connectivity index (χ1n) is 7.21. The summed E-state index contributed by atoms with van der Waals surface area (Å²) in [6.45, 7) is 4.17. The largest absolute Gasteiger partial charge is 0.462 e. The Labute approximate surface area is 124 Å². The summed E-state index contributed by atoms with van der Waals surface area (Å²) >= 11 is 0. The van der Waals surface area contributed by atoms with Gasteiger partial charge in [0.2, 0.25) is 0 Å². The molecule has 0 bridgehead atoms. The highest BCUT2D eigenvalue weighted by atomic mass is 19.1. The predicted octanol–water partition coefficient (Wildman–Crippen LogP) is 4.62.